The van der Waals surface area contributed by atoms with Crippen LogP contribution in [0.25, 0.3) is 0 Å². The second kappa shape index (κ2) is 27.1. The molecular weight excluding hydrogens is 859 g/mol. The molecule has 0 aromatic rings. The van der Waals surface area contributed by atoms with E-state index in [9.17, 15) is 39.3 Å². The Morgan fingerprint density at radius 1 is 0.896 bits per heavy atom. The minimum atomic E-state index is -2.36. The van der Waals surface area contributed by atoms with Crippen LogP contribution in [0, 0.1) is 35.5 Å². The Bertz CT molecular complexity index is 1770. The summed E-state index contributed by atoms with van der Waals surface area (Å²) in [5, 5.41) is 32.6. The van der Waals surface area contributed by atoms with Crippen molar-refractivity contribution in [3.05, 3.63) is 47.6 Å². The molecule has 4 aliphatic rings. The normalized spacial score (nSPS) is 38.4. The summed E-state index contributed by atoms with van der Waals surface area (Å²) in [7, 11) is 3.04. The largest absolute Gasteiger partial charge is 0.460 e. The number of ketones is 3. The molecule has 4 rings (SSSR count). The third-order valence-corrected chi connectivity index (χ3v) is 14.7. The molecule has 0 radical (unpaired) electrons. The minimum Gasteiger partial charge on any atom is -0.460 e. The fraction of sp³-hybridized carbons (Fsp3) is 0.755. The van der Waals surface area contributed by atoms with Gasteiger partial charge in [-0.25, -0.2) is 4.79 Å². The predicted octanol–water partition coefficient (Wildman–Crippen LogP) is 6.96. The molecule has 2 saturated heterocycles. The van der Waals surface area contributed by atoms with Crippen molar-refractivity contribution >= 4 is 29.2 Å². The van der Waals surface area contributed by atoms with Gasteiger partial charge in [0.1, 0.15) is 30.1 Å². The van der Waals surface area contributed by atoms with Gasteiger partial charge in [0, 0.05) is 58.2 Å². The van der Waals surface area contributed by atoms with Crippen LogP contribution in [0.5, 0.6) is 0 Å². The lowest BCUT2D eigenvalue weighted by molar-refractivity contribution is -0.263. The Balaban J connectivity index is 1.66. The summed E-state index contributed by atoms with van der Waals surface area (Å²) in [5.41, 5.74) is 1.46. The van der Waals surface area contributed by atoms with Crippen LogP contribution in [0.2, 0.25) is 0 Å². The van der Waals surface area contributed by atoms with Crippen LogP contribution in [0.4, 0.5) is 0 Å². The van der Waals surface area contributed by atoms with E-state index in [0.717, 1.165) is 18.4 Å². The number of carbonyl (C=O) groups excluding carboxylic acids is 5. The summed E-state index contributed by atoms with van der Waals surface area (Å²) in [5.74, 6) is -7.61. The number of hydrogen-bond donors (Lipinski definition) is 3. The van der Waals surface area contributed by atoms with Crippen molar-refractivity contribution in [3.8, 4) is 0 Å². The number of rotatable bonds is 9. The smallest absolute Gasteiger partial charge is 0.329 e. The average molecular weight is 942 g/mol. The summed E-state index contributed by atoms with van der Waals surface area (Å²) in [6, 6.07) is -1.12. The van der Waals surface area contributed by atoms with Gasteiger partial charge in [-0.3, -0.25) is 19.2 Å². The molecule has 1 aliphatic carbocycles. The van der Waals surface area contributed by atoms with Gasteiger partial charge in [0.05, 0.1) is 18.3 Å². The zero-order valence-electron chi connectivity index (χ0n) is 41.9. The highest BCUT2D eigenvalue weighted by molar-refractivity contribution is 6.39. The molecule has 1 saturated carbocycles. The van der Waals surface area contributed by atoms with Crippen molar-refractivity contribution < 1.29 is 63.0 Å². The Morgan fingerprint density at radius 3 is 2.34 bits per heavy atom. The summed E-state index contributed by atoms with van der Waals surface area (Å²) < 4.78 is 29.9. The first-order valence-corrected chi connectivity index (χ1v) is 25.0. The van der Waals surface area contributed by atoms with Crippen molar-refractivity contribution in [2.24, 2.45) is 35.5 Å². The molecule has 0 aromatic heterocycles. The molecule has 378 valence electrons. The lowest BCUT2D eigenvalue weighted by Crippen LogP contribution is -2.60. The molecule has 1 unspecified atom stereocenters. The van der Waals surface area contributed by atoms with E-state index in [0.29, 0.717) is 76.4 Å². The van der Waals surface area contributed by atoms with Gasteiger partial charge in [-0.05, 0) is 121 Å². The molecule has 14 nitrogen and oxygen atoms in total. The molecule has 3 aliphatic heterocycles. The van der Waals surface area contributed by atoms with Gasteiger partial charge in [0.2, 0.25) is 5.79 Å². The molecule has 2 bridgehead atoms. The first-order valence-electron chi connectivity index (χ1n) is 25.0. The molecule has 14 atom stereocenters. The molecule has 0 aromatic carbocycles. The molecular formula is C53H83NO13. The molecule has 3 heterocycles. The van der Waals surface area contributed by atoms with Gasteiger partial charge in [-0.15, -0.1) is 0 Å². The summed E-state index contributed by atoms with van der Waals surface area (Å²) >= 11 is 0. The van der Waals surface area contributed by atoms with Crippen molar-refractivity contribution in [1.29, 1.82) is 0 Å². The third-order valence-electron chi connectivity index (χ3n) is 14.7. The van der Waals surface area contributed by atoms with Gasteiger partial charge < -0.3 is 43.9 Å². The summed E-state index contributed by atoms with van der Waals surface area (Å²) in [4.78, 5) is 71.9. The number of allylic oxidation sites excluding steroid dienone is 7. The number of Topliss-reactive ketones (excluding diaryl/α,β-unsaturated/α-hetero) is 3. The molecule has 0 spiro atoms. The van der Waals surface area contributed by atoms with Crippen LogP contribution in [0.1, 0.15) is 138 Å². The number of hydrogen-bond acceptors (Lipinski definition) is 13. The fourth-order valence-electron chi connectivity index (χ4n) is 10.3. The quantitative estimate of drug-likeness (QED) is 0.0930. The van der Waals surface area contributed by atoms with Gasteiger partial charge in [-0.1, -0.05) is 76.6 Å². The summed E-state index contributed by atoms with van der Waals surface area (Å²) in [6.07, 6.45) is 14.7. The molecule has 14 heteroatoms. The van der Waals surface area contributed by atoms with Crippen LogP contribution in [-0.4, -0.2) is 132 Å². The zero-order chi connectivity index (χ0) is 49.4. The minimum absolute atomic E-state index is 0.0394. The second-order valence-corrected chi connectivity index (χ2v) is 20.2. The molecule has 67 heavy (non-hydrogen) atoms. The van der Waals surface area contributed by atoms with Crippen molar-refractivity contribution in [2.45, 2.75) is 187 Å². The lowest BCUT2D eigenvalue weighted by Gasteiger charge is -2.42. The van der Waals surface area contributed by atoms with Crippen LogP contribution in [-0.2, 0) is 47.7 Å². The van der Waals surface area contributed by atoms with Crippen molar-refractivity contribution in [3.63, 3.8) is 0 Å². The highest BCUT2D eigenvalue weighted by atomic mass is 16.6. The maximum absolute atomic E-state index is 14.4. The number of piperidine rings is 1. The number of cyclic esters (lactones) is 1. The average Bonchev–Trinajstić information content (AvgIpc) is 3.31. The first-order chi connectivity index (χ1) is 31.8. The number of ether oxygens (including phenoxy) is 5. The highest BCUT2D eigenvalue weighted by Crippen LogP contribution is 2.38. The fourth-order valence-corrected chi connectivity index (χ4v) is 10.3. The Labute approximate surface area is 399 Å². The maximum atomic E-state index is 14.4. The molecule has 3 N–H and O–H groups in total. The number of carbonyl (C=O) groups is 5. The van der Waals surface area contributed by atoms with Gasteiger partial charge in [-0.2, -0.15) is 0 Å². The Kier molecular flexibility index (Phi) is 22.8. The lowest BCUT2D eigenvalue weighted by atomic mass is 9.78. The highest BCUT2D eigenvalue weighted by Gasteiger charge is 2.53. The third kappa shape index (κ3) is 15.8. The number of esters is 1. The van der Waals surface area contributed by atoms with Crippen LogP contribution in [0.3, 0.4) is 0 Å². The number of amides is 1. The number of aliphatic hydroxyl groups is 3. The molecule has 3 fully saturated rings. The van der Waals surface area contributed by atoms with Crippen LogP contribution < -0.4 is 0 Å². The Hall–Kier alpha value is -3.37. The van der Waals surface area contributed by atoms with E-state index in [1.165, 1.54) is 12.0 Å². The van der Waals surface area contributed by atoms with Crippen LogP contribution >= 0.6 is 0 Å². The van der Waals surface area contributed by atoms with E-state index < -0.39 is 71.7 Å². The Morgan fingerprint density at radius 2 is 1.64 bits per heavy atom. The maximum Gasteiger partial charge on any atom is 0.329 e. The summed E-state index contributed by atoms with van der Waals surface area (Å²) in [6.45, 7) is 13.4. The standard InChI is InChI=1S/C53H83NO13/c1-33-16-11-10-12-17-34(2)28-37(5)47(57)49(64-9)48(58)38(6)29-35(3)43(56)32-45(36(4)30-40-21-24-44(46(31-40)63-8)65-27-15-26-55)66-52(61)42-18-13-14-25-54(42)51(60)50(59)53(62)39(7)20-23-41(67-53)22-19-33/h10-12,16-17,29,34-37,39-42,44-46,48-49,55,58,62H,13-15,18-28,30-32H2,1-9H3/b11-10+,17-12+,33-16+,38-29+/t34-,35-,36-,37-,39-,40+,41-,42?,44-,45+,46-,48-,49+,53-/m1/s1. The molecule has 1 amide bonds. The number of methoxy groups -OCH3 is 2. The van der Waals surface area contributed by atoms with E-state index in [2.05, 4.69) is 0 Å². The topological polar surface area (TPSA) is 195 Å². The van der Waals surface area contributed by atoms with Crippen molar-refractivity contribution in [2.75, 3.05) is 34.0 Å². The van der Waals surface area contributed by atoms with Gasteiger partial charge in [0.25, 0.3) is 11.7 Å². The van der Waals surface area contributed by atoms with E-state index >= 15 is 0 Å². The first kappa shape index (κ1) is 56.2. The van der Waals surface area contributed by atoms with E-state index in [-0.39, 0.29) is 67.5 Å². The number of aliphatic hydroxyl groups excluding tert-OH is 2. The number of nitrogens with zero attached hydrogens (tertiary/aromatic N) is 1. The second-order valence-electron chi connectivity index (χ2n) is 20.2. The van der Waals surface area contributed by atoms with E-state index in [4.69, 9.17) is 23.7 Å². The van der Waals surface area contributed by atoms with Gasteiger partial charge in [0.15, 0.2) is 5.78 Å². The predicted molar refractivity (Wildman–Crippen MR) is 254 cm³/mol. The van der Waals surface area contributed by atoms with Gasteiger partial charge >= 0.3 is 5.97 Å². The SMILES string of the molecule is CO[C@@H]1C[C@H](C[C@@H](C)[C@@H]2CC(=O)[C@H](C)/C=C(\C)[C@@H](O)[C@@H](OC)C(=O)[C@H](C)C[C@H](C)/C=C/C=C/C=C(\C)CC[C@@H]3CC[C@@H](C)[C@@](O)(O3)C(=O)C(=O)N3CCCCC3C(=O)O2)CC[C@H]1OCCCO. The van der Waals surface area contributed by atoms with E-state index in [1.54, 1.807) is 34.0 Å². The van der Waals surface area contributed by atoms with Crippen molar-refractivity contribution in [1.82, 2.24) is 4.90 Å². The number of fused-ring (bicyclic) bond motifs is 3. The zero-order valence-corrected chi connectivity index (χ0v) is 41.9. The monoisotopic (exact) mass is 942 g/mol. The van der Waals surface area contributed by atoms with E-state index in [1.807, 2.05) is 58.1 Å². The van der Waals surface area contributed by atoms with Crippen LogP contribution in [0.15, 0.2) is 47.6 Å².